The second-order valence-electron chi connectivity index (χ2n) is 13.9. The third-order valence-corrected chi connectivity index (χ3v) is 12.3. The third kappa shape index (κ3) is 7.81. The number of rotatable bonds is 10. The Morgan fingerprint density at radius 2 is 1.61 bits per heavy atom. The molecular formula is C39H47N7O9S. The monoisotopic (exact) mass is 789 g/mol. The summed E-state index contributed by atoms with van der Waals surface area (Å²) in [6, 6.07) is 14.3. The van der Waals surface area contributed by atoms with Crippen molar-refractivity contribution in [2.75, 3.05) is 64.4 Å². The Labute approximate surface area is 326 Å². The fraction of sp³-hybridized carbons (Fsp3) is 0.462. The molecule has 0 bridgehead atoms. The summed E-state index contributed by atoms with van der Waals surface area (Å²) in [4.78, 5) is 49.4. The number of carbonyl (C=O) groups excluding carboxylic acids is 2. The summed E-state index contributed by atoms with van der Waals surface area (Å²) in [5, 5.41) is 20.4. The molecule has 4 heterocycles. The Balaban J connectivity index is 0.00000127. The number of methoxy groups -OCH3 is 2. The van der Waals surface area contributed by atoms with Gasteiger partial charge in [0.15, 0.2) is 5.54 Å². The van der Waals surface area contributed by atoms with Crippen LogP contribution in [0.15, 0.2) is 59.6 Å². The summed E-state index contributed by atoms with van der Waals surface area (Å²) < 4.78 is 46.6. The molecule has 0 radical (unpaired) electrons. The molecule has 0 spiro atoms. The van der Waals surface area contributed by atoms with Crippen molar-refractivity contribution in [1.82, 2.24) is 25.0 Å². The molecular weight excluding hydrogens is 743 g/mol. The first-order valence-corrected chi connectivity index (χ1v) is 20.0. The molecule has 3 aromatic rings. The number of aliphatic carboxylic acids is 1. The number of likely N-dealkylation sites (tertiary alicyclic amines) is 1. The summed E-state index contributed by atoms with van der Waals surface area (Å²) >= 11 is 0. The molecule has 1 aromatic heterocycles. The van der Waals surface area contributed by atoms with Gasteiger partial charge in [-0.2, -0.15) is 9.57 Å². The van der Waals surface area contributed by atoms with E-state index in [4.69, 9.17) is 24.1 Å². The fourth-order valence-electron chi connectivity index (χ4n) is 7.75. The number of nitrogens with zero attached hydrogens (tertiary/aromatic N) is 6. The first-order valence-electron chi connectivity index (χ1n) is 18.6. The smallest absolute Gasteiger partial charge is 0.318 e. The standard InChI is InChI=1S/C37H43N7O7S.C2H4O2/c1-4-51-34-29(6-5-15-39-34)37(40-36(46)43-20-18-42(19-21-43)27-13-16-41(17-14-27)26-8-9-26)30-22-25(24-38)7-11-31(30)44(35(37)45)52(47,48)33-12-10-28(49-2)23-32(33)50-3;1-2(3)4/h5-7,10-12,15,22-23,26-27H,4,8-9,13-14,16-21H2,1-3H3,(H,40,46);1H3,(H,3,4). The quantitative estimate of drug-likeness (QED) is 0.304. The minimum Gasteiger partial charge on any atom is -0.497 e. The lowest BCUT2D eigenvalue weighted by Gasteiger charge is -2.43. The van der Waals surface area contributed by atoms with Crippen molar-refractivity contribution in [3.8, 4) is 23.4 Å². The van der Waals surface area contributed by atoms with Gasteiger partial charge >= 0.3 is 6.03 Å². The number of benzene rings is 2. The Kier molecular flexibility index (Phi) is 12.0. The van der Waals surface area contributed by atoms with Gasteiger partial charge in [0.25, 0.3) is 21.9 Å². The third-order valence-electron chi connectivity index (χ3n) is 10.6. The lowest BCUT2D eigenvalue weighted by Crippen LogP contribution is -2.61. The predicted molar refractivity (Wildman–Crippen MR) is 204 cm³/mol. The molecule has 7 rings (SSSR count). The van der Waals surface area contributed by atoms with E-state index in [0.717, 1.165) is 38.9 Å². The van der Waals surface area contributed by atoms with E-state index < -0.39 is 33.5 Å². The van der Waals surface area contributed by atoms with Crippen LogP contribution in [0.5, 0.6) is 17.4 Å². The molecule has 16 nitrogen and oxygen atoms in total. The largest absolute Gasteiger partial charge is 0.497 e. The maximum absolute atomic E-state index is 15.2. The lowest BCUT2D eigenvalue weighted by atomic mass is 9.83. The van der Waals surface area contributed by atoms with Crippen molar-refractivity contribution in [3.05, 3.63) is 71.4 Å². The highest BCUT2D eigenvalue weighted by atomic mass is 32.2. The minimum absolute atomic E-state index is 0.0316. The average molecular weight is 790 g/mol. The molecule has 3 aliphatic heterocycles. The molecule has 1 saturated carbocycles. The molecule has 2 aromatic carbocycles. The molecule has 3 amide bonds. The van der Waals surface area contributed by atoms with Gasteiger partial charge < -0.3 is 34.4 Å². The molecule has 56 heavy (non-hydrogen) atoms. The van der Waals surface area contributed by atoms with Gasteiger partial charge in [0.2, 0.25) is 5.88 Å². The molecule has 3 fully saturated rings. The zero-order valence-corrected chi connectivity index (χ0v) is 32.8. The van der Waals surface area contributed by atoms with E-state index in [9.17, 15) is 18.5 Å². The predicted octanol–water partition coefficient (Wildman–Crippen LogP) is 3.39. The van der Waals surface area contributed by atoms with E-state index in [1.54, 1.807) is 24.0 Å². The number of urea groups is 1. The lowest BCUT2D eigenvalue weighted by molar-refractivity contribution is -0.134. The number of ether oxygens (including phenoxy) is 3. The fourth-order valence-corrected chi connectivity index (χ4v) is 9.35. The van der Waals surface area contributed by atoms with Crippen molar-refractivity contribution >= 4 is 33.6 Å². The number of amides is 3. The maximum atomic E-state index is 15.2. The molecule has 17 heteroatoms. The van der Waals surface area contributed by atoms with Gasteiger partial charge in [-0.05, 0) is 88.2 Å². The number of carboxylic acid groups (broad SMARTS) is 1. The van der Waals surface area contributed by atoms with Crippen LogP contribution in [0.1, 0.15) is 56.2 Å². The number of hydrogen-bond acceptors (Lipinski definition) is 12. The molecule has 298 valence electrons. The van der Waals surface area contributed by atoms with E-state index in [1.807, 2.05) is 0 Å². The van der Waals surface area contributed by atoms with E-state index in [0.29, 0.717) is 42.3 Å². The number of nitriles is 1. The highest BCUT2D eigenvalue weighted by molar-refractivity contribution is 7.93. The van der Waals surface area contributed by atoms with E-state index in [1.165, 1.54) is 69.7 Å². The van der Waals surface area contributed by atoms with E-state index in [-0.39, 0.29) is 45.5 Å². The van der Waals surface area contributed by atoms with Crippen LogP contribution in [0.25, 0.3) is 0 Å². The van der Waals surface area contributed by atoms with Crippen LogP contribution in [0.3, 0.4) is 0 Å². The van der Waals surface area contributed by atoms with Gasteiger partial charge in [-0.15, -0.1) is 0 Å². The van der Waals surface area contributed by atoms with Crippen LogP contribution in [0, 0.1) is 11.3 Å². The number of sulfonamides is 1. The van der Waals surface area contributed by atoms with Crippen molar-refractivity contribution in [2.24, 2.45) is 0 Å². The number of carbonyl (C=O) groups is 3. The zero-order valence-electron chi connectivity index (χ0n) is 31.9. The number of piperidine rings is 1. The second-order valence-corrected chi connectivity index (χ2v) is 15.7. The average Bonchev–Trinajstić information content (AvgIpc) is 4.03. The Morgan fingerprint density at radius 1 is 0.946 bits per heavy atom. The van der Waals surface area contributed by atoms with Gasteiger partial charge in [0, 0.05) is 63.0 Å². The van der Waals surface area contributed by atoms with Crippen LogP contribution in [0.4, 0.5) is 10.5 Å². The van der Waals surface area contributed by atoms with Gasteiger partial charge in [0.05, 0.1) is 43.7 Å². The first kappa shape index (κ1) is 40.2. The number of pyridine rings is 1. The second kappa shape index (κ2) is 16.7. The number of fused-ring (bicyclic) bond motifs is 1. The molecule has 2 N–H and O–H groups in total. The van der Waals surface area contributed by atoms with Crippen molar-refractivity contribution in [1.29, 1.82) is 5.26 Å². The summed E-state index contributed by atoms with van der Waals surface area (Å²) in [6.45, 7) is 7.39. The normalized spacial score (nSPS) is 20.3. The number of carboxylic acids is 1. The van der Waals surface area contributed by atoms with Crippen LogP contribution in [-0.4, -0.2) is 123 Å². The molecule has 2 saturated heterocycles. The van der Waals surface area contributed by atoms with Crippen LogP contribution >= 0.6 is 0 Å². The van der Waals surface area contributed by atoms with Gasteiger partial charge in [0.1, 0.15) is 16.4 Å². The highest BCUT2D eigenvalue weighted by Gasteiger charge is 2.59. The van der Waals surface area contributed by atoms with Crippen molar-refractivity contribution in [2.45, 2.75) is 62.0 Å². The summed E-state index contributed by atoms with van der Waals surface area (Å²) in [7, 11) is -1.94. The Morgan fingerprint density at radius 3 is 2.21 bits per heavy atom. The van der Waals surface area contributed by atoms with Crippen LogP contribution in [0.2, 0.25) is 0 Å². The SMILES string of the molecule is CC(=O)O.CCOc1ncccc1C1(NC(=O)N2CCN(C3CCN(C4CC4)CC3)CC2)C(=O)N(S(=O)(=O)c2ccc(OC)cc2OC)c2ccc(C#N)cc21. The Bertz CT molecular complexity index is 2100. The van der Waals surface area contributed by atoms with Crippen molar-refractivity contribution in [3.63, 3.8) is 0 Å². The number of piperazine rings is 1. The van der Waals surface area contributed by atoms with Crippen LogP contribution in [-0.2, 0) is 25.2 Å². The van der Waals surface area contributed by atoms with E-state index >= 15 is 4.79 Å². The van der Waals surface area contributed by atoms with Gasteiger partial charge in [-0.1, -0.05) is 0 Å². The first-order chi connectivity index (χ1) is 26.9. The van der Waals surface area contributed by atoms with E-state index in [2.05, 4.69) is 26.2 Å². The zero-order chi connectivity index (χ0) is 40.2. The molecule has 1 unspecified atom stereocenters. The Hall–Kier alpha value is -5.44. The summed E-state index contributed by atoms with van der Waals surface area (Å²) in [6.07, 6.45) is 6.29. The van der Waals surface area contributed by atoms with Crippen LogP contribution < -0.4 is 23.8 Å². The molecule has 1 atom stereocenters. The molecule has 1 aliphatic carbocycles. The highest BCUT2D eigenvalue weighted by Crippen LogP contribution is 2.50. The molecule has 4 aliphatic rings. The minimum atomic E-state index is -4.69. The number of hydrogen-bond donors (Lipinski definition) is 2. The van der Waals surface area contributed by atoms with Gasteiger partial charge in [-0.25, -0.2) is 18.2 Å². The summed E-state index contributed by atoms with van der Waals surface area (Å²) in [5.41, 5.74) is -1.79. The van der Waals surface area contributed by atoms with Crippen molar-refractivity contribution < 1.29 is 42.1 Å². The number of nitrogens with one attached hydrogen (secondary N) is 1. The summed E-state index contributed by atoms with van der Waals surface area (Å²) in [5.74, 6) is -1.48. The maximum Gasteiger partial charge on any atom is 0.318 e. The topological polar surface area (TPSA) is 195 Å². The number of anilines is 1. The number of aromatic nitrogens is 1. The van der Waals surface area contributed by atoms with Gasteiger partial charge in [-0.3, -0.25) is 14.5 Å².